The fourth-order valence-electron chi connectivity index (χ4n) is 2.24. The van der Waals surface area contributed by atoms with E-state index in [9.17, 15) is 9.59 Å². The summed E-state index contributed by atoms with van der Waals surface area (Å²) in [5.74, 6) is -0.751. The Labute approximate surface area is 133 Å². The van der Waals surface area contributed by atoms with Crippen molar-refractivity contribution in [1.29, 1.82) is 5.26 Å². The van der Waals surface area contributed by atoms with Gasteiger partial charge in [-0.05, 0) is 24.3 Å². The van der Waals surface area contributed by atoms with Crippen LogP contribution in [0.5, 0.6) is 0 Å². The number of benzene rings is 1. The van der Waals surface area contributed by atoms with E-state index in [4.69, 9.17) is 10.00 Å². The molecule has 0 bridgehead atoms. The van der Waals surface area contributed by atoms with Crippen LogP contribution in [-0.2, 0) is 14.3 Å². The molecule has 1 aliphatic heterocycles. The summed E-state index contributed by atoms with van der Waals surface area (Å²) in [5.41, 5.74) is 1.64. The van der Waals surface area contributed by atoms with Crippen molar-refractivity contribution >= 4 is 17.6 Å². The van der Waals surface area contributed by atoms with Gasteiger partial charge in [0, 0.05) is 18.7 Å². The van der Waals surface area contributed by atoms with Gasteiger partial charge in [-0.2, -0.15) is 5.26 Å². The number of anilines is 1. The number of allylic oxidation sites excluding steroid dienone is 1. The Hall–Kier alpha value is -3.01. The molecule has 0 fully saturated rings. The van der Waals surface area contributed by atoms with E-state index in [2.05, 4.69) is 15.4 Å². The standard InChI is InChI=1S/C16H17N3O4/c1-22-15-11(8-17)7-12(14(20)19-15)9-18-13-5-3-10(4-6-13)16(21)23-2/h3-6,12,18H,7,9H2,1-2H3,(H,19,20). The van der Waals surface area contributed by atoms with Crippen LogP contribution in [0.4, 0.5) is 5.69 Å². The van der Waals surface area contributed by atoms with Gasteiger partial charge in [0.05, 0.1) is 31.3 Å². The van der Waals surface area contributed by atoms with Gasteiger partial charge in [0.15, 0.2) is 0 Å². The molecule has 2 N–H and O–H groups in total. The Bertz CT molecular complexity index is 674. The van der Waals surface area contributed by atoms with Gasteiger partial charge in [-0.25, -0.2) is 4.79 Å². The summed E-state index contributed by atoms with van der Waals surface area (Å²) >= 11 is 0. The lowest BCUT2D eigenvalue weighted by atomic mass is 9.96. The molecule has 1 unspecified atom stereocenters. The number of hydrogen-bond acceptors (Lipinski definition) is 6. The van der Waals surface area contributed by atoms with Crippen LogP contribution < -0.4 is 10.6 Å². The van der Waals surface area contributed by atoms with E-state index in [0.717, 1.165) is 5.69 Å². The Balaban J connectivity index is 1.99. The monoisotopic (exact) mass is 315 g/mol. The minimum absolute atomic E-state index is 0.195. The first kappa shape index (κ1) is 16.4. The molecule has 2 rings (SSSR count). The lowest BCUT2D eigenvalue weighted by Crippen LogP contribution is -2.39. The van der Waals surface area contributed by atoms with E-state index in [-0.39, 0.29) is 17.7 Å². The van der Waals surface area contributed by atoms with Crippen molar-refractivity contribution in [3.63, 3.8) is 0 Å². The fraction of sp³-hybridized carbons (Fsp3) is 0.312. The molecule has 7 nitrogen and oxygen atoms in total. The molecule has 0 radical (unpaired) electrons. The molecule has 1 heterocycles. The summed E-state index contributed by atoms with van der Waals surface area (Å²) in [6.45, 7) is 0.367. The van der Waals surface area contributed by atoms with Crippen molar-refractivity contribution in [2.24, 2.45) is 5.92 Å². The van der Waals surface area contributed by atoms with E-state index < -0.39 is 5.97 Å². The highest BCUT2D eigenvalue weighted by atomic mass is 16.5. The highest BCUT2D eigenvalue weighted by Gasteiger charge is 2.28. The molecule has 7 heteroatoms. The van der Waals surface area contributed by atoms with E-state index >= 15 is 0 Å². The molecular weight excluding hydrogens is 298 g/mol. The fourth-order valence-corrected chi connectivity index (χ4v) is 2.24. The van der Waals surface area contributed by atoms with Gasteiger partial charge in [-0.15, -0.1) is 0 Å². The number of carbonyl (C=O) groups excluding carboxylic acids is 2. The Morgan fingerprint density at radius 2 is 2.09 bits per heavy atom. The number of amides is 1. The molecule has 0 saturated carbocycles. The second-order valence-electron chi connectivity index (χ2n) is 4.96. The maximum atomic E-state index is 12.0. The summed E-state index contributed by atoms with van der Waals surface area (Å²) in [7, 11) is 2.74. The van der Waals surface area contributed by atoms with E-state index in [1.165, 1.54) is 14.2 Å². The summed E-state index contributed by atoms with van der Waals surface area (Å²) in [5, 5.41) is 14.8. The summed E-state index contributed by atoms with van der Waals surface area (Å²) in [6.07, 6.45) is 0.318. The lowest BCUT2D eigenvalue weighted by Gasteiger charge is -2.24. The highest BCUT2D eigenvalue weighted by Crippen LogP contribution is 2.21. The predicted octanol–water partition coefficient (Wildman–Crippen LogP) is 1.40. The van der Waals surface area contributed by atoms with Crippen molar-refractivity contribution in [3.8, 4) is 6.07 Å². The number of methoxy groups -OCH3 is 2. The quantitative estimate of drug-likeness (QED) is 0.797. The van der Waals surface area contributed by atoms with E-state index in [0.29, 0.717) is 24.1 Å². The number of rotatable bonds is 5. The molecule has 0 aliphatic carbocycles. The van der Waals surface area contributed by atoms with Crippen LogP contribution >= 0.6 is 0 Å². The Morgan fingerprint density at radius 1 is 1.39 bits per heavy atom. The first-order chi connectivity index (χ1) is 11.1. The first-order valence-electron chi connectivity index (χ1n) is 6.99. The maximum absolute atomic E-state index is 12.0. The topological polar surface area (TPSA) is 100 Å². The van der Waals surface area contributed by atoms with Crippen LogP contribution in [0, 0.1) is 17.2 Å². The second-order valence-corrected chi connectivity index (χ2v) is 4.96. The van der Waals surface area contributed by atoms with Gasteiger partial charge in [-0.3, -0.25) is 10.1 Å². The molecule has 1 aromatic carbocycles. The molecule has 0 spiro atoms. The zero-order chi connectivity index (χ0) is 16.8. The predicted molar refractivity (Wildman–Crippen MR) is 82.2 cm³/mol. The molecule has 23 heavy (non-hydrogen) atoms. The molecule has 1 amide bonds. The molecule has 1 atom stereocenters. The minimum Gasteiger partial charge on any atom is -0.482 e. The van der Waals surface area contributed by atoms with Crippen LogP contribution in [-0.4, -0.2) is 32.6 Å². The molecular formula is C16H17N3O4. The number of nitrogens with one attached hydrogen (secondary N) is 2. The molecule has 1 aromatic rings. The molecule has 0 aromatic heterocycles. The number of hydrogen-bond donors (Lipinski definition) is 2. The average molecular weight is 315 g/mol. The normalized spacial score (nSPS) is 17.1. The maximum Gasteiger partial charge on any atom is 0.337 e. The number of esters is 1. The van der Waals surface area contributed by atoms with Gasteiger partial charge in [0.2, 0.25) is 11.8 Å². The van der Waals surface area contributed by atoms with Crippen molar-refractivity contribution < 1.29 is 19.1 Å². The van der Waals surface area contributed by atoms with Crippen molar-refractivity contribution in [1.82, 2.24) is 5.32 Å². The van der Waals surface area contributed by atoms with Crippen molar-refractivity contribution in [2.75, 3.05) is 26.1 Å². The van der Waals surface area contributed by atoms with Gasteiger partial charge in [0.1, 0.15) is 6.07 Å². The zero-order valence-corrected chi connectivity index (χ0v) is 12.9. The number of ether oxygens (including phenoxy) is 2. The van der Waals surface area contributed by atoms with E-state index in [1.54, 1.807) is 24.3 Å². The number of carbonyl (C=O) groups is 2. The van der Waals surface area contributed by atoms with Crippen LogP contribution in [0.3, 0.4) is 0 Å². The summed E-state index contributed by atoms with van der Waals surface area (Å²) in [6, 6.07) is 8.78. The van der Waals surface area contributed by atoms with E-state index in [1.807, 2.05) is 6.07 Å². The smallest absolute Gasteiger partial charge is 0.337 e. The third-order valence-electron chi connectivity index (χ3n) is 3.53. The third kappa shape index (κ3) is 3.80. The van der Waals surface area contributed by atoms with Gasteiger partial charge >= 0.3 is 5.97 Å². The molecule has 0 saturated heterocycles. The van der Waals surface area contributed by atoms with Crippen molar-refractivity contribution in [3.05, 3.63) is 41.3 Å². The van der Waals surface area contributed by atoms with Crippen LogP contribution in [0.1, 0.15) is 16.8 Å². The summed E-state index contributed by atoms with van der Waals surface area (Å²) in [4.78, 5) is 23.4. The van der Waals surface area contributed by atoms with Crippen LogP contribution in [0.25, 0.3) is 0 Å². The number of nitriles is 1. The largest absolute Gasteiger partial charge is 0.482 e. The molecule has 1 aliphatic rings. The average Bonchev–Trinajstić information content (AvgIpc) is 2.60. The molecule has 120 valence electrons. The first-order valence-corrected chi connectivity index (χ1v) is 6.99. The van der Waals surface area contributed by atoms with Crippen LogP contribution in [0.15, 0.2) is 35.7 Å². The van der Waals surface area contributed by atoms with Gasteiger partial charge in [-0.1, -0.05) is 0 Å². The SMILES string of the molecule is COC(=O)c1ccc(NCC2CC(C#N)=C(OC)NC2=O)cc1. The number of nitrogens with zero attached hydrogens (tertiary/aromatic N) is 1. The lowest BCUT2D eigenvalue weighted by molar-refractivity contribution is -0.125. The van der Waals surface area contributed by atoms with Crippen molar-refractivity contribution in [2.45, 2.75) is 6.42 Å². The minimum atomic E-state index is -0.404. The zero-order valence-electron chi connectivity index (χ0n) is 12.9. The second kappa shape index (κ2) is 7.31. The Morgan fingerprint density at radius 3 is 2.65 bits per heavy atom. The van der Waals surface area contributed by atoms with Crippen LogP contribution in [0.2, 0.25) is 0 Å². The third-order valence-corrected chi connectivity index (χ3v) is 3.53. The Kier molecular flexibility index (Phi) is 5.20. The summed E-state index contributed by atoms with van der Waals surface area (Å²) < 4.78 is 9.61. The van der Waals surface area contributed by atoms with Gasteiger partial charge < -0.3 is 14.8 Å². The highest BCUT2D eigenvalue weighted by molar-refractivity contribution is 5.89. The van der Waals surface area contributed by atoms with Gasteiger partial charge in [0.25, 0.3) is 0 Å².